The number of benzene rings is 1. The van der Waals surface area contributed by atoms with Gasteiger partial charge in [0.15, 0.2) is 0 Å². The van der Waals surface area contributed by atoms with Crippen LogP contribution >= 0.6 is 11.8 Å². The Bertz CT molecular complexity index is 399. The molecule has 18 heavy (non-hydrogen) atoms. The number of aliphatic hydroxyl groups is 1. The zero-order chi connectivity index (χ0) is 12.8. The van der Waals surface area contributed by atoms with E-state index in [1.165, 1.54) is 12.1 Å². The predicted molar refractivity (Wildman–Crippen MR) is 75.2 cm³/mol. The highest BCUT2D eigenvalue weighted by molar-refractivity contribution is 7.99. The molecule has 1 heterocycles. The third-order valence-electron chi connectivity index (χ3n) is 2.98. The van der Waals surface area contributed by atoms with Crippen LogP contribution in [0.1, 0.15) is 12.0 Å². The molecule has 0 radical (unpaired) electrons. The van der Waals surface area contributed by atoms with Crippen LogP contribution in [-0.4, -0.2) is 35.3 Å². The van der Waals surface area contributed by atoms with Crippen molar-refractivity contribution in [3.8, 4) is 0 Å². The summed E-state index contributed by atoms with van der Waals surface area (Å²) < 4.78 is 12.7. The molecule has 98 valence electrons. The standard InChI is InChI=1S/C14H18FNOS/c15-13-5-3-12(4-6-13)2-1-8-16-10-14(17)7-9-18-11-14/h1-6,16-17H,7-11H2/b2-1+. The Kier molecular flexibility index (Phi) is 4.80. The van der Waals surface area contributed by atoms with Crippen molar-refractivity contribution in [3.63, 3.8) is 0 Å². The maximum Gasteiger partial charge on any atom is 0.123 e. The molecule has 1 atom stereocenters. The van der Waals surface area contributed by atoms with Gasteiger partial charge in [0.2, 0.25) is 0 Å². The third kappa shape index (κ3) is 4.12. The van der Waals surface area contributed by atoms with Crippen LogP contribution in [0.2, 0.25) is 0 Å². The third-order valence-corrected chi connectivity index (χ3v) is 4.21. The minimum Gasteiger partial charge on any atom is -0.388 e. The lowest BCUT2D eigenvalue weighted by atomic mass is 10.0. The van der Waals surface area contributed by atoms with Gasteiger partial charge in [0.1, 0.15) is 5.82 Å². The van der Waals surface area contributed by atoms with E-state index in [4.69, 9.17) is 0 Å². The van der Waals surface area contributed by atoms with E-state index in [2.05, 4.69) is 5.32 Å². The number of hydrogen-bond acceptors (Lipinski definition) is 3. The molecule has 1 aliphatic rings. The fourth-order valence-corrected chi connectivity index (χ4v) is 3.19. The molecule has 1 aliphatic heterocycles. The van der Waals surface area contributed by atoms with Crippen LogP contribution < -0.4 is 5.32 Å². The second kappa shape index (κ2) is 6.36. The van der Waals surface area contributed by atoms with Crippen LogP contribution in [0, 0.1) is 5.82 Å². The predicted octanol–water partition coefficient (Wildman–Crippen LogP) is 2.30. The Labute approximate surface area is 111 Å². The van der Waals surface area contributed by atoms with Crippen LogP contribution in [0.15, 0.2) is 30.3 Å². The zero-order valence-electron chi connectivity index (χ0n) is 10.2. The molecule has 0 aliphatic carbocycles. The summed E-state index contributed by atoms with van der Waals surface area (Å²) in [7, 11) is 0. The lowest BCUT2D eigenvalue weighted by molar-refractivity contribution is 0.0689. The fourth-order valence-electron chi connectivity index (χ4n) is 1.89. The molecule has 2 nitrogen and oxygen atoms in total. The van der Waals surface area contributed by atoms with Crippen LogP contribution in [0.4, 0.5) is 4.39 Å². The summed E-state index contributed by atoms with van der Waals surface area (Å²) in [6, 6.07) is 6.39. The SMILES string of the molecule is OC1(CNC/C=C/c2ccc(F)cc2)CCSC1. The topological polar surface area (TPSA) is 32.3 Å². The average Bonchev–Trinajstić information content (AvgIpc) is 2.78. The molecular formula is C14H18FNOS. The molecule has 1 unspecified atom stereocenters. The first-order valence-electron chi connectivity index (χ1n) is 6.11. The molecule has 1 aromatic carbocycles. The highest BCUT2D eigenvalue weighted by Gasteiger charge is 2.30. The average molecular weight is 267 g/mol. The van der Waals surface area contributed by atoms with E-state index < -0.39 is 5.60 Å². The van der Waals surface area contributed by atoms with E-state index in [0.717, 1.165) is 23.5 Å². The van der Waals surface area contributed by atoms with E-state index in [-0.39, 0.29) is 5.82 Å². The molecule has 1 saturated heterocycles. The van der Waals surface area contributed by atoms with Crippen LogP contribution in [0.25, 0.3) is 6.08 Å². The maximum atomic E-state index is 12.7. The summed E-state index contributed by atoms with van der Waals surface area (Å²) in [5, 5.41) is 13.3. The lowest BCUT2D eigenvalue weighted by Gasteiger charge is -2.20. The summed E-state index contributed by atoms with van der Waals surface area (Å²) >= 11 is 1.80. The Morgan fingerprint density at radius 2 is 2.17 bits per heavy atom. The first-order valence-corrected chi connectivity index (χ1v) is 7.26. The van der Waals surface area contributed by atoms with E-state index >= 15 is 0 Å². The first kappa shape index (κ1) is 13.6. The molecule has 0 spiro atoms. The molecule has 2 N–H and O–H groups in total. The number of halogens is 1. The summed E-state index contributed by atoms with van der Waals surface area (Å²) in [4.78, 5) is 0. The molecule has 0 bridgehead atoms. The fraction of sp³-hybridized carbons (Fsp3) is 0.429. The van der Waals surface area contributed by atoms with E-state index in [1.54, 1.807) is 23.9 Å². The Hall–Kier alpha value is -0.840. The van der Waals surface area contributed by atoms with Gasteiger partial charge in [-0.2, -0.15) is 11.8 Å². The van der Waals surface area contributed by atoms with Crippen LogP contribution in [-0.2, 0) is 0 Å². The van der Waals surface area contributed by atoms with E-state index in [0.29, 0.717) is 13.1 Å². The van der Waals surface area contributed by atoms with Crippen molar-refractivity contribution >= 4 is 17.8 Å². The Morgan fingerprint density at radius 1 is 1.39 bits per heavy atom. The normalized spacial score (nSPS) is 23.9. The Balaban J connectivity index is 1.70. The number of hydrogen-bond donors (Lipinski definition) is 2. The van der Waals surface area contributed by atoms with Gasteiger partial charge >= 0.3 is 0 Å². The van der Waals surface area contributed by atoms with Gasteiger partial charge in [-0.3, -0.25) is 0 Å². The summed E-state index contributed by atoms with van der Waals surface area (Å²) in [5.41, 5.74) is 0.447. The molecule has 0 saturated carbocycles. The van der Waals surface area contributed by atoms with Crippen molar-refractivity contribution in [3.05, 3.63) is 41.7 Å². The molecule has 2 rings (SSSR count). The van der Waals surface area contributed by atoms with Gasteiger partial charge in [-0.05, 0) is 29.9 Å². The van der Waals surface area contributed by atoms with Gasteiger partial charge in [-0.15, -0.1) is 0 Å². The summed E-state index contributed by atoms with van der Waals surface area (Å²) in [6.07, 6.45) is 4.80. The first-order chi connectivity index (χ1) is 8.68. The van der Waals surface area contributed by atoms with Crippen molar-refractivity contribution in [2.75, 3.05) is 24.6 Å². The minimum atomic E-state index is -0.533. The van der Waals surface area contributed by atoms with Crippen molar-refractivity contribution in [1.82, 2.24) is 5.32 Å². The van der Waals surface area contributed by atoms with Gasteiger partial charge in [-0.1, -0.05) is 24.3 Å². The molecule has 4 heteroatoms. The summed E-state index contributed by atoms with van der Waals surface area (Å²) in [5.74, 6) is 1.65. The number of nitrogens with one attached hydrogen (secondary N) is 1. The van der Waals surface area contributed by atoms with Crippen LogP contribution in [0.5, 0.6) is 0 Å². The van der Waals surface area contributed by atoms with Crippen LogP contribution in [0.3, 0.4) is 0 Å². The zero-order valence-corrected chi connectivity index (χ0v) is 11.0. The van der Waals surface area contributed by atoms with Crippen molar-refractivity contribution in [1.29, 1.82) is 0 Å². The molecular weight excluding hydrogens is 249 g/mol. The smallest absolute Gasteiger partial charge is 0.123 e. The highest BCUT2D eigenvalue weighted by Crippen LogP contribution is 2.26. The van der Waals surface area contributed by atoms with Gasteiger partial charge in [0.25, 0.3) is 0 Å². The Morgan fingerprint density at radius 3 is 2.83 bits per heavy atom. The van der Waals surface area contributed by atoms with Gasteiger partial charge < -0.3 is 10.4 Å². The number of thioether (sulfide) groups is 1. The largest absolute Gasteiger partial charge is 0.388 e. The lowest BCUT2D eigenvalue weighted by Crippen LogP contribution is -2.40. The molecule has 0 amide bonds. The second-order valence-corrected chi connectivity index (χ2v) is 5.72. The molecule has 1 aromatic rings. The maximum absolute atomic E-state index is 12.7. The monoisotopic (exact) mass is 267 g/mol. The van der Waals surface area contributed by atoms with Crippen molar-refractivity contribution < 1.29 is 9.50 Å². The van der Waals surface area contributed by atoms with Gasteiger partial charge in [-0.25, -0.2) is 4.39 Å². The minimum absolute atomic E-state index is 0.216. The quantitative estimate of drug-likeness (QED) is 0.803. The second-order valence-electron chi connectivity index (χ2n) is 4.61. The van der Waals surface area contributed by atoms with Gasteiger partial charge in [0, 0.05) is 18.8 Å². The number of rotatable bonds is 5. The van der Waals surface area contributed by atoms with E-state index in [9.17, 15) is 9.50 Å². The van der Waals surface area contributed by atoms with Crippen molar-refractivity contribution in [2.45, 2.75) is 12.0 Å². The summed E-state index contributed by atoms with van der Waals surface area (Å²) in [6.45, 7) is 1.35. The highest BCUT2D eigenvalue weighted by atomic mass is 32.2. The molecule has 0 aromatic heterocycles. The van der Waals surface area contributed by atoms with Gasteiger partial charge in [0.05, 0.1) is 5.60 Å². The molecule has 1 fully saturated rings. The van der Waals surface area contributed by atoms with E-state index in [1.807, 2.05) is 12.2 Å². The van der Waals surface area contributed by atoms with Crippen molar-refractivity contribution in [2.24, 2.45) is 0 Å².